The maximum Gasteiger partial charge on any atom is 0.433 e. The van der Waals surface area contributed by atoms with E-state index >= 15 is 0 Å². The van der Waals surface area contributed by atoms with Crippen molar-refractivity contribution in [2.24, 2.45) is 0 Å². The first kappa shape index (κ1) is 17.6. The van der Waals surface area contributed by atoms with Crippen molar-refractivity contribution >= 4 is 6.03 Å². The van der Waals surface area contributed by atoms with Gasteiger partial charge < -0.3 is 14.5 Å². The molecule has 0 radical (unpaired) electrons. The Balaban J connectivity index is 1.33. The van der Waals surface area contributed by atoms with E-state index < -0.39 is 11.9 Å². The number of alkyl halides is 3. The van der Waals surface area contributed by atoms with Gasteiger partial charge in [0.05, 0.1) is 12.2 Å². The monoisotopic (exact) mass is 369 g/mol. The van der Waals surface area contributed by atoms with Crippen molar-refractivity contribution in [3.8, 4) is 0 Å². The molecule has 4 rings (SSSR count). The number of amides is 2. The molecule has 142 valence electrons. The van der Waals surface area contributed by atoms with Crippen LogP contribution in [0.2, 0.25) is 0 Å². The van der Waals surface area contributed by atoms with E-state index in [1.165, 1.54) is 12.3 Å². The van der Waals surface area contributed by atoms with Gasteiger partial charge in [0.2, 0.25) is 0 Å². The van der Waals surface area contributed by atoms with E-state index in [1.807, 2.05) is 9.80 Å². The Kier molecular flexibility index (Phi) is 4.54. The number of halogens is 3. The van der Waals surface area contributed by atoms with Crippen LogP contribution in [-0.2, 0) is 10.9 Å². The molecule has 2 atom stereocenters. The summed E-state index contributed by atoms with van der Waals surface area (Å²) in [6.45, 7) is 2.57. The maximum atomic E-state index is 12.7. The van der Waals surface area contributed by atoms with E-state index in [1.54, 1.807) is 0 Å². The highest BCUT2D eigenvalue weighted by Crippen LogP contribution is 2.32. The number of piperidine rings is 1. The van der Waals surface area contributed by atoms with Gasteiger partial charge in [-0.2, -0.15) is 13.2 Å². The van der Waals surface area contributed by atoms with Crippen molar-refractivity contribution < 1.29 is 22.7 Å². The topological polar surface area (TPSA) is 45.7 Å². The SMILES string of the molecule is O=C(N1CCC(c2ccc(C(F)(F)F)nc2)CC1)N1C[C@H]2CC[C@@H](C1)O2. The highest BCUT2D eigenvalue weighted by molar-refractivity contribution is 5.74. The number of morpholine rings is 1. The summed E-state index contributed by atoms with van der Waals surface area (Å²) in [5, 5.41) is 0. The van der Waals surface area contributed by atoms with Crippen molar-refractivity contribution in [3.05, 3.63) is 29.6 Å². The zero-order valence-corrected chi connectivity index (χ0v) is 14.4. The van der Waals surface area contributed by atoms with Gasteiger partial charge in [0.15, 0.2) is 0 Å². The minimum atomic E-state index is -4.41. The number of likely N-dealkylation sites (tertiary alicyclic amines) is 2. The summed E-state index contributed by atoms with van der Waals surface area (Å²) in [6.07, 6.45) is 0.805. The van der Waals surface area contributed by atoms with Crippen molar-refractivity contribution in [1.29, 1.82) is 0 Å². The van der Waals surface area contributed by atoms with Gasteiger partial charge in [0.1, 0.15) is 5.69 Å². The Morgan fingerprint density at radius 2 is 1.69 bits per heavy atom. The third-order valence-electron chi connectivity index (χ3n) is 5.63. The molecule has 0 N–H and O–H groups in total. The maximum absolute atomic E-state index is 12.7. The first-order valence-electron chi connectivity index (χ1n) is 9.12. The van der Waals surface area contributed by atoms with Gasteiger partial charge in [0.25, 0.3) is 0 Å². The predicted octanol–water partition coefficient (Wildman–Crippen LogP) is 3.26. The molecule has 3 aliphatic heterocycles. The van der Waals surface area contributed by atoms with Crippen LogP contribution in [0.25, 0.3) is 0 Å². The molecule has 5 nitrogen and oxygen atoms in total. The first-order chi connectivity index (χ1) is 12.4. The van der Waals surface area contributed by atoms with E-state index in [0.717, 1.165) is 37.3 Å². The summed E-state index contributed by atoms with van der Waals surface area (Å²) in [7, 11) is 0. The molecule has 4 heterocycles. The minimum absolute atomic E-state index is 0.0641. The molecule has 0 saturated carbocycles. The summed E-state index contributed by atoms with van der Waals surface area (Å²) >= 11 is 0. The average Bonchev–Trinajstić information content (AvgIpc) is 2.98. The number of pyridine rings is 1. The third kappa shape index (κ3) is 3.51. The van der Waals surface area contributed by atoms with Gasteiger partial charge in [-0.3, -0.25) is 4.98 Å². The molecular weight excluding hydrogens is 347 g/mol. The lowest BCUT2D eigenvalue weighted by molar-refractivity contribution is -0.141. The Labute approximate surface area is 150 Å². The first-order valence-corrected chi connectivity index (χ1v) is 9.12. The van der Waals surface area contributed by atoms with E-state index in [-0.39, 0.29) is 24.2 Å². The number of nitrogens with zero attached hydrogens (tertiary/aromatic N) is 3. The van der Waals surface area contributed by atoms with Gasteiger partial charge in [-0.1, -0.05) is 6.07 Å². The van der Waals surface area contributed by atoms with Crippen LogP contribution in [0.1, 0.15) is 42.9 Å². The zero-order valence-electron chi connectivity index (χ0n) is 14.4. The normalized spacial score (nSPS) is 27.0. The van der Waals surface area contributed by atoms with Gasteiger partial charge in [0, 0.05) is 32.4 Å². The summed E-state index contributed by atoms with van der Waals surface area (Å²) in [4.78, 5) is 20.0. The third-order valence-corrected chi connectivity index (χ3v) is 5.63. The van der Waals surface area contributed by atoms with E-state index in [9.17, 15) is 18.0 Å². The number of hydrogen-bond donors (Lipinski definition) is 0. The average molecular weight is 369 g/mol. The lowest BCUT2D eigenvalue weighted by Crippen LogP contribution is -2.52. The second-order valence-electron chi connectivity index (χ2n) is 7.38. The molecule has 1 aromatic heterocycles. The van der Waals surface area contributed by atoms with Crippen molar-refractivity contribution in [1.82, 2.24) is 14.8 Å². The molecular formula is C18H22F3N3O2. The van der Waals surface area contributed by atoms with Crippen LogP contribution < -0.4 is 0 Å². The van der Waals surface area contributed by atoms with E-state index in [0.29, 0.717) is 26.2 Å². The predicted molar refractivity (Wildman–Crippen MR) is 87.7 cm³/mol. The highest BCUT2D eigenvalue weighted by atomic mass is 19.4. The highest BCUT2D eigenvalue weighted by Gasteiger charge is 2.38. The molecule has 1 aromatic rings. The number of ether oxygens (including phenoxy) is 1. The molecule has 8 heteroatoms. The van der Waals surface area contributed by atoms with Crippen LogP contribution >= 0.6 is 0 Å². The summed E-state index contributed by atoms with van der Waals surface area (Å²) < 4.78 is 43.6. The zero-order chi connectivity index (χ0) is 18.3. The summed E-state index contributed by atoms with van der Waals surface area (Å²) in [5.41, 5.74) is -0.0506. The largest absolute Gasteiger partial charge is 0.433 e. The lowest BCUT2D eigenvalue weighted by atomic mass is 9.90. The van der Waals surface area contributed by atoms with Crippen LogP contribution in [0, 0.1) is 0 Å². The second kappa shape index (κ2) is 6.72. The Hall–Kier alpha value is -1.83. The van der Waals surface area contributed by atoms with Crippen molar-refractivity contribution in [2.75, 3.05) is 26.2 Å². The number of fused-ring (bicyclic) bond motifs is 2. The Bertz CT molecular complexity index is 645. The van der Waals surface area contributed by atoms with Gasteiger partial charge in [-0.05, 0) is 43.2 Å². The molecule has 3 aliphatic rings. The number of carbonyl (C=O) groups is 1. The molecule has 2 bridgehead atoms. The second-order valence-corrected chi connectivity index (χ2v) is 7.38. The fraction of sp³-hybridized carbons (Fsp3) is 0.667. The van der Waals surface area contributed by atoms with Gasteiger partial charge >= 0.3 is 12.2 Å². The number of rotatable bonds is 1. The molecule has 0 aromatic carbocycles. The Morgan fingerprint density at radius 3 is 2.23 bits per heavy atom. The number of aromatic nitrogens is 1. The van der Waals surface area contributed by atoms with Gasteiger partial charge in [-0.15, -0.1) is 0 Å². The fourth-order valence-corrected chi connectivity index (χ4v) is 4.19. The quantitative estimate of drug-likeness (QED) is 0.763. The molecule has 3 fully saturated rings. The lowest BCUT2D eigenvalue weighted by Gasteiger charge is -2.39. The molecule has 26 heavy (non-hydrogen) atoms. The summed E-state index contributed by atoms with van der Waals surface area (Å²) in [5.74, 6) is 0.148. The number of hydrogen-bond acceptors (Lipinski definition) is 3. The van der Waals surface area contributed by atoms with Crippen LogP contribution in [0.4, 0.5) is 18.0 Å². The van der Waals surface area contributed by atoms with Gasteiger partial charge in [-0.25, -0.2) is 4.79 Å². The number of urea groups is 1. The van der Waals surface area contributed by atoms with Crippen LogP contribution in [0.5, 0.6) is 0 Å². The molecule has 0 unspecified atom stereocenters. The molecule has 2 amide bonds. The van der Waals surface area contributed by atoms with E-state index in [4.69, 9.17) is 4.74 Å². The van der Waals surface area contributed by atoms with Crippen LogP contribution in [0.15, 0.2) is 18.3 Å². The van der Waals surface area contributed by atoms with Crippen LogP contribution in [0.3, 0.4) is 0 Å². The molecule has 3 saturated heterocycles. The fourth-order valence-electron chi connectivity index (χ4n) is 4.19. The van der Waals surface area contributed by atoms with Crippen molar-refractivity contribution in [2.45, 2.75) is 50.0 Å². The molecule has 0 spiro atoms. The smallest absolute Gasteiger partial charge is 0.371 e. The van der Waals surface area contributed by atoms with Crippen LogP contribution in [-0.4, -0.2) is 59.2 Å². The molecule has 0 aliphatic carbocycles. The standard InChI is InChI=1S/C18H22F3N3O2/c19-18(20,21)16-4-1-13(9-22-16)12-5-7-23(8-6-12)17(25)24-10-14-2-3-15(11-24)26-14/h1,4,9,12,14-15H,2-3,5-8,10-11H2/t14-,15+. The summed E-state index contributed by atoms with van der Waals surface area (Å²) in [6, 6.07) is 2.61. The van der Waals surface area contributed by atoms with E-state index in [2.05, 4.69) is 4.98 Å². The Morgan fingerprint density at radius 1 is 1.04 bits per heavy atom. The minimum Gasteiger partial charge on any atom is -0.371 e. The number of carbonyl (C=O) groups excluding carboxylic acids is 1. The van der Waals surface area contributed by atoms with Crippen molar-refractivity contribution in [3.63, 3.8) is 0 Å².